The molecule has 8 heteroatoms. The topological polar surface area (TPSA) is 74.1 Å². The predicted octanol–water partition coefficient (Wildman–Crippen LogP) is 4.78. The largest absolute Gasteiger partial charge is 0.493 e. The molecule has 1 aromatic carbocycles. The highest BCUT2D eigenvalue weighted by Crippen LogP contribution is 2.59. The number of aromatic nitrogens is 4. The maximum absolute atomic E-state index is 5.45. The first-order valence-electron chi connectivity index (χ1n) is 10.2. The van der Waals surface area contributed by atoms with E-state index < -0.39 is 0 Å². The van der Waals surface area contributed by atoms with E-state index in [1.165, 1.54) is 22.4 Å². The molecule has 0 saturated heterocycles. The predicted molar refractivity (Wildman–Crippen MR) is 121 cm³/mol. The summed E-state index contributed by atoms with van der Waals surface area (Å²) < 4.78 is 12.7. The van der Waals surface area contributed by atoms with Crippen molar-refractivity contribution in [3.63, 3.8) is 0 Å². The fraction of sp³-hybridized carbons (Fsp3) is 0.261. The molecule has 1 N–H and O–H groups in total. The van der Waals surface area contributed by atoms with Crippen LogP contribution in [0.5, 0.6) is 11.5 Å². The van der Waals surface area contributed by atoms with E-state index in [-0.39, 0.29) is 0 Å². The number of allylic oxidation sites excluding steroid dienone is 2. The quantitative estimate of drug-likeness (QED) is 0.474. The lowest BCUT2D eigenvalue weighted by molar-refractivity contribution is 0.354. The van der Waals surface area contributed by atoms with Crippen LogP contribution in [0, 0.1) is 0 Å². The third-order valence-corrected chi connectivity index (χ3v) is 7.21. The smallest absolute Gasteiger partial charge is 0.238 e. The second-order valence-corrected chi connectivity index (χ2v) is 8.73. The maximum atomic E-state index is 5.45. The van der Waals surface area contributed by atoms with Crippen molar-refractivity contribution in [2.75, 3.05) is 19.5 Å². The van der Waals surface area contributed by atoms with Crippen molar-refractivity contribution in [1.82, 2.24) is 19.5 Å². The number of nitrogens with one attached hydrogen (secondary N) is 1. The molecule has 6 rings (SSSR count). The first-order valence-corrected chi connectivity index (χ1v) is 11.1. The monoisotopic (exact) mass is 431 g/mol. The number of thiophene rings is 1. The van der Waals surface area contributed by atoms with Gasteiger partial charge in [-0.2, -0.15) is 4.98 Å². The van der Waals surface area contributed by atoms with Crippen LogP contribution < -0.4 is 14.8 Å². The Morgan fingerprint density at radius 3 is 2.90 bits per heavy atom. The summed E-state index contributed by atoms with van der Waals surface area (Å²) in [5.41, 5.74) is 3.89. The second-order valence-electron chi connectivity index (χ2n) is 7.70. The fourth-order valence-electron chi connectivity index (χ4n) is 4.51. The number of imidazole rings is 1. The molecular formula is C23H21N5O2S. The van der Waals surface area contributed by atoms with Crippen molar-refractivity contribution < 1.29 is 9.47 Å². The first kappa shape index (κ1) is 18.4. The summed E-state index contributed by atoms with van der Waals surface area (Å²) in [4.78, 5) is 16.4. The number of benzene rings is 1. The fourth-order valence-corrected chi connectivity index (χ4v) is 5.86. The first-order chi connectivity index (χ1) is 15.3. The van der Waals surface area contributed by atoms with Crippen LogP contribution >= 0.6 is 11.3 Å². The number of nitrogens with zero attached hydrogens (tertiary/aromatic N) is 4. The van der Waals surface area contributed by atoms with Crippen molar-refractivity contribution >= 4 is 32.9 Å². The number of ether oxygens (including phenoxy) is 2. The van der Waals surface area contributed by atoms with Gasteiger partial charge in [0, 0.05) is 35.3 Å². The number of methoxy groups -OCH3 is 2. The molecule has 31 heavy (non-hydrogen) atoms. The Morgan fingerprint density at radius 1 is 1.19 bits per heavy atom. The van der Waals surface area contributed by atoms with E-state index in [2.05, 4.69) is 16.4 Å². The molecule has 3 heterocycles. The van der Waals surface area contributed by atoms with E-state index in [9.17, 15) is 0 Å². The summed E-state index contributed by atoms with van der Waals surface area (Å²) >= 11 is 1.80. The highest BCUT2D eigenvalue weighted by Gasteiger charge is 2.39. The molecule has 2 aliphatic carbocycles. The number of hydrogen-bond donors (Lipinski definition) is 1. The van der Waals surface area contributed by atoms with E-state index in [1.54, 1.807) is 38.1 Å². The van der Waals surface area contributed by atoms with Gasteiger partial charge in [0.15, 0.2) is 11.5 Å². The maximum Gasteiger partial charge on any atom is 0.238 e. The van der Waals surface area contributed by atoms with Crippen molar-refractivity contribution in [2.45, 2.75) is 25.3 Å². The van der Waals surface area contributed by atoms with Gasteiger partial charge in [-0.15, -0.1) is 11.3 Å². The lowest BCUT2D eigenvalue weighted by Crippen LogP contribution is -2.11. The molecule has 2 aliphatic rings. The Kier molecular flexibility index (Phi) is 4.21. The Morgan fingerprint density at radius 2 is 2.10 bits per heavy atom. The minimum absolute atomic E-state index is 0.588. The number of fused-ring (bicyclic) bond motifs is 6. The molecule has 3 aromatic heterocycles. The molecular weight excluding hydrogens is 410 g/mol. The normalized spacial score (nSPS) is 16.5. The molecule has 0 aliphatic heterocycles. The van der Waals surface area contributed by atoms with Crippen LogP contribution in [-0.4, -0.2) is 33.7 Å². The molecule has 7 nitrogen and oxygen atoms in total. The van der Waals surface area contributed by atoms with E-state index in [4.69, 9.17) is 19.4 Å². The molecule has 0 spiro atoms. The van der Waals surface area contributed by atoms with Gasteiger partial charge in [-0.25, -0.2) is 9.97 Å². The number of rotatable bonds is 6. The van der Waals surface area contributed by atoms with E-state index in [1.807, 2.05) is 29.0 Å². The van der Waals surface area contributed by atoms with Crippen LogP contribution in [0.4, 0.5) is 5.82 Å². The minimum Gasteiger partial charge on any atom is -0.493 e. The zero-order valence-electron chi connectivity index (χ0n) is 17.3. The lowest BCUT2D eigenvalue weighted by Gasteiger charge is -2.26. The molecule has 0 fully saturated rings. The summed E-state index contributed by atoms with van der Waals surface area (Å²) in [6.45, 7) is 0.614. The molecule has 1 atom stereocenters. The summed E-state index contributed by atoms with van der Waals surface area (Å²) in [5.74, 6) is 3.50. The Labute approximate surface area is 183 Å². The van der Waals surface area contributed by atoms with Crippen molar-refractivity contribution in [3.05, 3.63) is 59.0 Å². The Bertz CT molecular complexity index is 1330. The van der Waals surface area contributed by atoms with Crippen LogP contribution in [-0.2, 0) is 6.54 Å². The van der Waals surface area contributed by atoms with Gasteiger partial charge in [-0.3, -0.25) is 4.57 Å². The van der Waals surface area contributed by atoms with Crippen LogP contribution in [0.1, 0.15) is 34.8 Å². The van der Waals surface area contributed by atoms with Crippen LogP contribution in [0.25, 0.3) is 21.7 Å². The zero-order chi connectivity index (χ0) is 20.9. The van der Waals surface area contributed by atoms with Gasteiger partial charge in [-0.05, 0) is 36.1 Å². The van der Waals surface area contributed by atoms with Gasteiger partial charge in [-0.1, -0.05) is 12.1 Å². The van der Waals surface area contributed by atoms with Crippen LogP contribution in [0.3, 0.4) is 0 Å². The minimum atomic E-state index is 0.588. The molecule has 1 unspecified atom stereocenters. The average molecular weight is 432 g/mol. The summed E-state index contributed by atoms with van der Waals surface area (Å²) in [5, 5.41) is 4.69. The van der Waals surface area contributed by atoms with Crippen molar-refractivity contribution in [3.8, 4) is 17.4 Å². The average Bonchev–Trinajstić information content (AvgIpc) is 3.53. The van der Waals surface area contributed by atoms with Gasteiger partial charge >= 0.3 is 0 Å². The van der Waals surface area contributed by atoms with Crippen LogP contribution in [0.2, 0.25) is 0 Å². The van der Waals surface area contributed by atoms with Crippen molar-refractivity contribution in [1.29, 1.82) is 0 Å². The summed E-state index contributed by atoms with van der Waals surface area (Å²) in [7, 11) is 3.29. The summed E-state index contributed by atoms with van der Waals surface area (Å²) in [6.07, 6.45) is 10.1. The molecule has 156 valence electrons. The molecule has 0 amide bonds. The molecule has 4 aromatic rings. The van der Waals surface area contributed by atoms with Gasteiger partial charge in [0.2, 0.25) is 5.95 Å². The third-order valence-electron chi connectivity index (χ3n) is 6.01. The SMILES string of the molecule is COc1ccc(CNc2nc(-n3ccnc3)nc3sc4c(c23)C2=CCCC24)cc1OC. The van der Waals surface area contributed by atoms with E-state index in [0.717, 1.165) is 33.8 Å². The second kappa shape index (κ2) is 7.09. The Hall–Kier alpha value is -3.39. The van der Waals surface area contributed by atoms with Gasteiger partial charge < -0.3 is 14.8 Å². The Balaban J connectivity index is 1.42. The van der Waals surface area contributed by atoms with Crippen LogP contribution in [0.15, 0.2) is 43.0 Å². The van der Waals surface area contributed by atoms with E-state index >= 15 is 0 Å². The highest BCUT2D eigenvalue weighted by atomic mass is 32.1. The number of anilines is 1. The van der Waals surface area contributed by atoms with Gasteiger partial charge in [0.25, 0.3) is 0 Å². The third kappa shape index (κ3) is 2.82. The van der Waals surface area contributed by atoms with Gasteiger partial charge in [0.1, 0.15) is 17.0 Å². The van der Waals surface area contributed by atoms with E-state index in [0.29, 0.717) is 24.2 Å². The molecule has 0 saturated carbocycles. The standard InChI is InChI=1S/C23H21N5O2S/c1-29-16-7-6-13(10-17(16)30-2)11-25-21-19-18-14-4-3-5-15(14)20(18)31-22(19)27-23(26-21)28-9-8-24-12-28/h4,6-10,12,15H,3,5,11H2,1-2H3,(H,25,26,27). The highest BCUT2D eigenvalue weighted by molar-refractivity contribution is 7.19. The molecule has 0 bridgehead atoms. The van der Waals surface area contributed by atoms with Gasteiger partial charge in [0.05, 0.1) is 19.6 Å². The zero-order valence-corrected chi connectivity index (χ0v) is 18.1. The van der Waals surface area contributed by atoms with Crippen molar-refractivity contribution in [2.24, 2.45) is 0 Å². The summed E-state index contributed by atoms with van der Waals surface area (Å²) in [6, 6.07) is 5.95. The molecule has 0 radical (unpaired) electrons. The number of hydrogen-bond acceptors (Lipinski definition) is 7. The lowest BCUT2D eigenvalue weighted by atomic mass is 9.80.